The molecule has 0 saturated carbocycles. The van der Waals surface area contributed by atoms with E-state index in [0.29, 0.717) is 23.7 Å². The maximum Gasteiger partial charge on any atom is 0.0994 e. The minimum Gasteiger partial charge on any atom is -0.192 e. The van der Waals surface area contributed by atoms with Gasteiger partial charge in [-0.05, 0) is 29.0 Å². The van der Waals surface area contributed by atoms with E-state index in [0.717, 1.165) is 5.56 Å². The van der Waals surface area contributed by atoms with Crippen LogP contribution in [0.1, 0.15) is 28.5 Å². The fraction of sp³-hybridized carbons (Fsp3) is 0.267. The van der Waals surface area contributed by atoms with Crippen molar-refractivity contribution in [3.05, 3.63) is 59.2 Å². The molecule has 0 heterocycles. The largest absolute Gasteiger partial charge is 0.192 e. The van der Waals surface area contributed by atoms with Crippen molar-refractivity contribution in [2.45, 2.75) is 11.8 Å². The SMILES string of the molecule is N#Cc1cccc2c1[C@H]1C=C[C@H]2[C@H]2C=C[C@H]21. The van der Waals surface area contributed by atoms with Gasteiger partial charge in [-0.1, -0.05) is 36.4 Å². The van der Waals surface area contributed by atoms with E-state index >= 15 is 0 Å². The molecule has 1 heteroatoms. The Morgan fingerprint density at radius 1 is 0.938 bits per heavy atom. The van der Waals surface area contributed by atoms with Crippen molar-refractivity contribution >= 4 is 0 Å². The van der Waals surface area contributed by atoms with Gasteiger partial charge in [-0.25, -0.2) is 0 Å². The van der Waals surface area contributed by atoms with E-state index in [9.17, 15) is 5.26 Å². The van der Waals surface area contributed by atoms with E-state index < -0.39 is 0 Å². The van der Waals surface area contributed by atoms with Crippen LogP contribution in [0.4, 0.5) is 0 Å². The third-order valence-electron chi connectivity index (χ3n) is 4.31. The molecule has 5 rings (SSSR count). The van der Waals surface area contributed by atoms with Gasteiger partial charge in [0.05, 0.1) is 11.6 Å². The first-order chi connectivity index (χ1) is 7.90. The van der Waals surface area contributed by atoms with Crippen molar-refractivity contribution in [2.24, 2.45) is 11.8 Å². The molecule has 0 radical (unpaired) electrons. The zero-order valence-electron chi connectivity index (χ0n) is 8.80. The molecule has 0 N–H and O–H groups in total. The van der Waals surface area contributed by atoms with Crippen LogP contribution in [0.15, 0.2) is 42.5 Å². The third-order valence-corrected chi connectivity index (χ3v) is 4.31. The average molecular weight is 205 g/mol. The zero-order chi connectivity index (χ0) is 10.7. The number of nitriles is 1. The Balaban J connectivity index is 2.02. The van der Waals surface area contributed by atoms with Crippen LogP contribution in [-0.2, 0) is 0 Å². The zero-order valence-corrected chi connectivity index (χ0v) is 8.80. The van der Waals surface area contributed by atoms with E-state index in [1.54, 1.807) is 0 Å². The van der Waals surface area contributed by atoms with E-state index in [-0.39, 0.29) is 0 Å². The summed E-state index contributed by atoms with van der Waals surface area (Å²) in [5.41, 5.74) is 3.55. The molecule has 0 aliphatic heterocycles. The van der Waals surface area contributed by atoms with Crippen LogP contribution in [0.25, 0.3) is 0 Å². The topological polar surface area (TPSA) is 23.8 Å². The molecule has 0 aromatic heterocycles. The van der Waals surface area contributed by atoms with Gasteiger partial charge < -0.3 is 0 Å². The minimum atomic E-state index is 0.450. The van der Waals surface area contributed by atoms with Gasteiger partial charge in [0.15, 0.2) is 0 Å². The molecule has 0 amide bonds. The molecule has 16 heavy (non-hydrogen) atoms. The van der Waals surface area contributed by atoms with Crippen molar-refractivity contribution in [3.8, 4) is 6.07 Å². The lowest BCUT2D eigenvalue weighted by molar-refractivity contribution is 0.316. The summed E-state index contributed by atoms with van der Waals surface area (Å²) in [5, 5.41) is 9.20. The Morgan fingerprint density at radius 2 is 1.69 bits per heavy atom. The highest BCUT2D eigenvalue weighted by Gasteiger charge is 2.45. The van der Waals surface area contributed by atoms with Gasteiger partial charge in [0.25, 0.3) is 0 Å². The van der Waals surface area contributed by atoms with Gasteiger partial charge in [0.1, 0.15) is 0 Å². The Kier molecular flexibility index (Phi) is 1.38. The lowest BCUT2D eigenvalue weighted by atomic mass is 9.55. The standard InChI is InChI=1S/C15H11N/c16-8-9-2-1-3-13-11-6-7-14(15(9)13)12-5-4-10(11)12/h1-7,10-12,14H/t10-,11+,12-,14+/m1/s1. The molecule has 4 aliphatic carbocycles. The summed E-state index contributed by atoms with van der Waals surface area (Å²) < 4.78 is 0. The van der Waals surface area contributed by atoms with Crippen LogP contribution in [0.2, 0.25) is 0 Å². The summed E-state index contributed by atoms with van der Waals surface area (Å²) in [6.07, 6.45) is 9.27. The minimum absolute atomic E-state index is 0.450. The highest BCUT2D eigenvalue weighted by Crippen LogP contribution is 2.57. The number of hydrogen-bond donors (Lipinski definition) is 0. The molecule has 1 nitrogen and oxygen atoms in total. The number of benzene rings is 1. The van der Waals surface area contributed by atoms with E-state index in [1.165, 1.54) is 11.1 Å². The van der Waals surface area contributed by atoms with Crippen LogP contribution >= 0.6 is 0 Å². The van der Waals surface area contributed by atoms with Crippen LogP contribution in [0, 0.1) is 23.2 Å². The first kappa shape index (κ1) is 8.35. The predicted octanol–water partition coefficient (Wildman–Crippen LogP) is 3.11. The molecule has 4 atom stereocenters. The number of hydrogen-bond acceptors (Lipinski definition) is 1. The van der Waals surface area contributed by atoms with Gasteiger partial charge in [0.2, 0.25) is 0 Å². The monoisotopic (exact) mass is 205 g/mol. The maximum atomic E-state index is 9.20. The molecule has 1 aromatic carbocycles. The Morgan fingerprint density at radius 3 is 2.44 bits per heavy atom. The van der Waals surface area contributed by atoms with Crippen LogP contribution < -0.4 is 0 Å². The summed E-state index contributed by atoms with van der Waals surface area (Å²) in [5.74, 6) is 2.31. The van der Waals surface area contributed by atoms with Gasteiger partial charge in [0, 0.05) is 11.8 Å². The summed E-state index contributed by atoms with van der Waals surface area (Å²) in [4.78, 5) is 0. The lowest BCUT2D eigenvalue weighted by Crippen LogP contribution is -2.38. The van der Waals surface area contributed by atoms with E-state index in [1.807, 2.05) is 12.1 Å². The summed E-state index contributed by atoms with van der Waals surface area (Å²) >= 11 is 0. The van der Waals surface area contributed by atoms with Crippen LogP contribution in [0.5, 0.6) is 0 Å². The first-order valence-corrected chi connectivity index (χ1v) is 5.79. The Bertz CT molecular complexity index is 574. The second-order valence-electron chi connectivity index (χ2n) is 4.90. The van der Waals surface area contributed by atoms with Crippen molar-refractivity contribution in [1.29, 1.82) is 5.26 Å². The molecule has 0 unspecified atom stereocenters. The van der Waals surface area contributed by atoms with Crippen molar-refractivity contribution in [1.82, 2.24) is 0 Å². The van der Waals surface area contributed by atoms with Gasteiger partial charge in [-0.3, -0.25) is 0 Å². The molecule has 2 bridgehead atoms. The normalized spacial score (nSPS) is 36.2. The second-order valence-corrected chi connectivity index (χ2v) is 4.90. The number of nitrogens with zero attached hydrogens (tertiary/aromatic N) is 1. The lowest BCUT2D eigenvalue weighted by Gasteiger charge is -2.48. The van der Waals surface area contributed by atoms with Gasteiger partial charge in [-0.2, -0.15) is 5.26 Å². The highest BCUT2D eigenvalue weighted by atomic mass is 14.5. The van der Waals surface area contributed by atoms with Crippen LogP contribution in [0.3, 0.4) is 0 Å². The molecule has 76 valence electrons. The van der Waals surface area contributed by atoms with E-state index in [2.05, 4.69) is 36.4 Å². The van der Waals surface area contributed by atoms with Gasteiger partial charge in [-0.15, -0.1) is 0 Å². The quantitative estimate of drug-likeness (QED) is 0.597. The van der Waals surface area contributed by atoms with Crippen molar-refractivity contribution < 1.29 is 0 Å². The molecule has 0 fully saturated rings. The number of rotatable bonds is 0. The summed E-state index contributed by atoms with van der Waals surface area (Å²) in [6.45, 7) is 0. The maximum absolute atomic E-state index is 9.20. The summed E-state index contributed by atoms with van der Waals surface area (Å²) in [7, 11) is 0. The smallest absolute Gasteiger partial charge is 0.0994 e. The number of allylic oxidation sites excluding steroid dienone is 4. The summed E-state index contributed by atoms with van der Waals surface area (Å²) in [6, 6.07) is 8.50. The highest BCUT2D eigenvalue weighted by molar-refractivity contribution is 5.56. The van der Waals surface area contributed by atoms with Crippen molar-refractivity contribution in [3.63, 3.8) is 0 Å². The van der Waals surface area contributed by atoms with Crippen LogP contribution in [-0.4, -0.2) is 0 Å². The first-order valence-electron chi connectivity index (χ1n) is 5.79. The fourth-order valence-electron chi connectivity index (χ4n) is 3.52. The third kappa shape index (κ3) is 0.782. The van der Waals surface area contributed by atoms with E-state index in [4.69, 9.17) is 0 Å². The fourth-order valence-corrected chi connectivity index (χ4v) is 3.52. The second kappa shape index (κ2) is 2.65. The average Bonchev–Trinajstić information content (AvgIpc) is 2.28. The molecular formula is C15H11N. The molecular weight excluding hydrogens is 194 g/mol. The predicted molar refractivity (Wildman–Crippen MR) is 61.9 cm³/mol. The molecule has 4 aliphatic rings. The molecule has 1 aromatic rings. The molecule has 0 saturated heterocycles. The van der Waals surface area contributed by atoms with Gasteiger partial charge >= 0.3 is 0 Å². The Labute approximate surface area is 94.7 Å². The van der Waals surface area contributed by atoms with Crippen molar-refractivity contribution in [2.75, 3.05) is 0 Å². The molecule has 0 spiro atoms. The Hall–Kier alpha value is -1.81.